The highest BCUT2D eigenvalue weighted by Gasteiger charge is 2.30. The van der Waals surface area contributed by atoms with Crippen LogP contribution in [0.25, 0.3) is 0 Å². The van der Waals surface area contributed by atoms with Crippen molar-refractivity contribution in [1.82, 2.24) is 0 Å². The normalized spacial score (nSPS) is 19.8. The number of ether oxygens (including phenoxy) is 1. The van der Waals surface area contributed by atoms with E-state index in [2.05, 4.69) is 17.0 Å². The third kappa shape index (κ3) is 4.56. The molecule has 1 heterocycles. The van der Waals surface area contributed by atoms with Crippen molar-refractivity contribution >= 4 is 5.69 Å². The Morgan fingerprint density at radius 1 is 1.12 bits per heavy atom. The van der Waals surface area contributed by atoms with Crippen LogP contribution >= 0.6 is 0 Å². The number of aliphatic hydroxyl groups excluding tert-OH is 1. The topological polar surface area (TPSA) is 56.5 Å². The summed E-state index contributed by atoms with van der Waals surface area (Å²) < 4.78 is 6.19. The molecule has 2 unspecified atom stereocenters. The molecule has 2 aromatic carbocycles. The minimum Gasteiger partial charge on any atom is -0.490 e. The largest absolute Gasteiger partial charge is 0.490 e. The average molecular weight is 350 g/mol. The van der Waals surface area contributed by atoms with Crippen molar-refractivity contribution in [3.8, 4) is 11.8 Å². The maximum atomic E-state index is 9.30. The SMILES string of the molecule is N#CCc1ccccc1N1CCC(Oc2ccccc2)CC1CCCO. The molecule has 0 aromatic heterocycles. The van der Waals surface area contributed by atoms with E-state index in [1.54, 1.807) is 0 Å². The van der Waals surface area contributed by atoms with Gasteiger partial charge < -0.3 is 14.7 Å². The first kappa shape index (κ1) is 18.3. The predicted molar refractivity (Wildman–Crippen MR) is 103 cm³/mol. The van der Waals surface area contributed by atoms with E-state index in [1.165, 1.54) is 0 Å². The zero-order valence-corrected chi connectivity index (χ0v) is 15.1. The number of piperidine rings is 1. The van der Waals surface area contributed by atoms with E-state index in [0.717, 1.165) is 49.2 Å². The molecule has 1 N–H and O–H groups in total. The zero-order valence-electron chi connectivity index (χ0n) is 15.1. The molecule has 2 aromatic rings. The van der Waals surface area contributed by atoms with Crippen LogP contribution in [0.5, 0.6) is 5.75 Å². The molecule has 0 bridgehead atoms. The molecule has 136 valence electrons. The number of hydrogen-bond acceptors (Lipinski definition) is 4. The Bertz CT molecular complexity index is 726. The van der Waals surface area contributed by atoms with Gasteiger partial charge in [0.2, 0.25) is 0 Å². The summed E-state index contributed by atoms with van der Waals surface area (Å²) in [5, 5.41) is 18.4. The summed E-state index contributed by atoms with van der Waals surface area (Å²) in [6.45, 7) is 1.10. The lowest BCUT2D eigenvalue weighted by molar-refractivity contribution is 0.147. The van der Waals surface area contributed by atoms with Crippen LogP contribution in [-0.4, -0.2) is 30.4 Å². The second kappa shape index (κ2) is 9.26. The molecule has 0 amide bonds. The minimum absolute atomic E-state index is 0.181. The van der Waals surface area contributed by atoms with Crippen molar-refractivity contribution in [1.29, 1.82) is 5.26 Å². The summed E-state index contributed by atoms with van der Waals surface area (Å²) >= 11 is 0. The fourth-order valence-corrected chi connectivity index (χ4v) is 3.76. The predicted octanol–water partition coefficient (Wildman–Crippen LogP) is 3.94. The number of benzene rings is 2. The van der Waals surface area contributed by atoms with E-state index in [9.17, 15) is 5.11 Å². The molecule has 1 aliphatic heterocycles. The quantitative estimate of drug-likeness (QED) is 0.822. The first-order chi connectivity index (χ1) is 12.8. The molecular weight excluding hydrogens is 324 g/mol. The third-order valence-electron chi connectivity index (χ3n) is 4.98. The summed E-state index contributed by atoms with van der Waals surface area (Å²) in [5.74, 6) is 0.914. The van der Waals surface area contributed by atoms with E-state index >= 15 is 0 Å². The van der Waals surface area contributed by atoms with Crippen LogP contribution in [-0.2, 0) is 6.42 Å². The van der Waals surface area contributed by atoms with Crippen molar-refractivity contribution in [2.75, 3.05) is 18.1 Å². The summed E-state index contributed by atoms with van der Waals surface area (Å²) in [4.78, 5) is 2.41. The lowest BCUT2D eigenvalue weighted by atomic mass is 9.93. The average Bonchev–Trinajstić information content (AvgIpc) is 2.68. The molecular formula is C22H26N2O2. The van der Waals surface area contributed by atoms with Gasteiger partial charge in [-0.1, -0.05) is 36.4 Å². The summed E-state index contributed by atoms with van der Waals surface area (Å²) in [6, 6.07) is 20.7. The molecule has 0 saturated carbocycles. The Labute approximate surface area is 155 Å². The van der Waals surface area contributed by atoms with Gasteiger partial charge in [-0.15, -0.1) is 0 Å². The molecule has 1 aliphatic rings. The molecule has 0 aliphatic carbocycles. The number of para-hydroxylation sites is 2. The lowest BCUT2D eigenvalue weighted by Gasteiger charge is -2.42. The molecule has 2 atom stereocenters. The van der Waals surface area contributed by atoms with Gasteiger partial charge in [0.1, 0.15) is 11.9 Å². The van der Waals surface area contributed by atoms with Crippen molar-refractivity contribution in [2.24, 2.45) is 0 Å². The van der Waals surface area contributed by atoms with Gasteiger partial charge in [0.15, 0.2) is 0 Å². The van der Waals surface area contributed by atoms with Gasteiger partial charge in [0.05, 0.1) is 12.5 Å². The van der Waals surface area contributed by atoms with Crippen LogP contribution in [0.2, 0.25) is 0 Å². The minimum atomic E-state index is 0.181. The zero-order chi connectivity index (χ0) is 18.2. The second-order valence-electron chi connectivity index (χ2n) is 6.75. The Morgan fingerprint density at radius 2 is 1.88 bits per heavy atom. The molecule has 0 radical (unpaired) electrons. The van der Waals surface area contributed by atoms with E-state index in [1.807, 2.05) is 48.5 Å². The van der Waals surface area contributed by atoms with Gasteiger partial charge in [-0.2, -0.15) is 5.26 Å². The van der Waals surface area contributed by atoms with Crippen molar-refractivity contribution < 1.29 is 9.84 Å². The van der Waals surface area contributed by atoms with Crippen molar-refractivity contribution in [3.63, 3.8) is 0 Å². The third-order valence-corrected chi connectivity index (χ3v) is 4.98. The fraction of sp³-hybridized carbons (Fsp3) is 0.409. The number of hydrogen-bond donors (Lipinski definition) is 1. The summed E-state index contributed by atoms with van der Waals surface area (Å²) in [5.41, 5.74) is 2.22. The second-order valence-corrected chi connectivity index (χ2v) is 6.75. The maximum absolute atomic E-state index is 9.30. The highest BCUT2D eigenvalue weighted by atomic mass is 16.5. The first-order valence-corrected chi connectivity index (χ1v) is 9.36. The molecule has 4 nitrogen and oxygen atoms in total. The monoisotopic (exact) mass is 350 g/mol. The Kier molecular flexibility index (Phi) is 6.51. The van der Waals surface area contributed by atoms with E-state index < -0.39 is 0 Å². The van der Waals surface area contributed by atoms with E-state index in [0.29, 0.717) is 12.5 Å². The van der Waals surface area contributed by atoms with Crippen LogP contribution in [0.15, 0.2) is 54.6 Å². The highest BCUT2D eigenvalue weighted by Crippen LogP contribution is 2.32. The highest BCUT2D eigenvalue weighted by molar-refractivity contribution is 5.55. The summed E-state index contributed by atoms with van der Waals surface area (Å²) in [7, 11) is 0. The van der Waals surface area contributed by atoms with Gasteiger partial charge >= 0.3 is 0 Å². The van der Waals surface area contributed by atoms with Crippen LogP contribution in [0.4, 0.5) is 5.69 Å². The van der Waals surface area contributed by atoms with Crippen LogP contribution < -0.4 is 9.64 Å². The molecule has 0 spiro atoms. The number of nitriles is 1. The van der Waals surface area contributed by atoms with Gasteiger partial charge in [-0.25, -0.2) is 0 Å². The van der Waals surface area contributed by atoms with E-state index in [-0.39, 0.29) is 12.7 Å². The fourth-order valence-electron chi connectivity index (χ4n) is 3.76. The van der Waals surface area contributed by atoms with Crippen molar-refractivity contribution in [3.05, 3.63) is 60.2 Å². The van der Waals surface area contributed by atoms with Gasteiger partial charge in [0, 0.05) is 37.7 Å². The first-order valence-electron chi connectivity index (χ1n) is 9.36. The van der Waals surface area contributed by atoms with Gasteiger partial charge in [0.25, 0.3) is 0 Å². The molecule has 4 heteroatoms. The Morgan fingerprint density at radius 3 is 2.65 bits per heavy atom. The standard InChI is InChI=1S/C22H26N2O2/c23-14-12-18-7-4-5-11-22(18)24-15-13-21(17-19(24)8-6-16-25)26-20-9-2-1-3-10-20/h1-5,7,9-11,19,21,25H,6,8,12-13,15-17H2. The Hall–Kier alpha value is -2.51. The van der Waals surface area contributed by atoms with Crippen LogP contribution in [0.1, 0.15) is 31.2 Å². The summed E-state index contributed by atoms with van der Waals surface area (Å²) in [6.07, 6.45) is 4.18. The maximum Gasteiger partial charge on any atom is 0.119 e. The van der Waals surface area contributed by atoms with Crippen LogP contribution in [0, 0.1) is 11.3 Å². The lowest BCUT2D eigenvalue weighted by Crippen LogP contribution is -2.46. The van der Waals surface area contributed by atoms with Crippen LogP contribution in [0.3, 0.4) is 0 Å². The molecule has 1 saturated heterocycles. The number of nitrogens with zero attached hydrogens (tertiary/aromatic N) is 2. The van der Waals surface area contributed by atoms with Crippen molar-refractivity contribution in [2.45, 2.75) is 44.2 Å². The number of rotatable bonds is 7. The number of anilines is 1. The number of aliphatic hydroxyl groups is 1. The smallest absolute Gasteiger partial charge is 0.119 e. The molecule has 3 rings (SSSR count). The van der Waals surface area contributed by atoms with Gasteiger partial charge in [-0.3, -0.25) is 0 Å². The molecule has 26 heavy (non-hydrogen) atoms. The van der Waals surface area contributed by atoms with Gasteiger partial charge in [-0.05, 0) is 36.6 Å². The Balaban J connectivity index is 1.76. The van der Waals surface area contributed by atoms with E-state index in [4.69, 9.17) is 10.00 Å². The molecule has 1 fully saturated rings.